The van der Waals surface area contributed by atoms with Crippen LogP contribution < -0.4 is 4.90 Å². The van der Waals surface area contributed by atoms with Crippen molar-refractivity contribution in [2.45, 2.75) is 81.2 Å². The van der Waals surface area contributed by atoms with Crippen LogP contribution in [0.3, 0.4) is 0 Å². The average Bonchev–Trinajstić information content (AvgIpc) is 3.49. The van der Waals surface area contributed by atoms with Crippen molar-refractivity contribution in [2.75, 3.05) is 53.0 Å². The van der Waals surface area contributed by atoms with Crippen LogP contribution in [0.5, 0.6) is 0 Å². The number of carbonyl (C=O) groups excluding carboxylic acids is 1. The Morgan fingerprint density at radius 3 is 2.44 bits per heavy atom. The first-order chi connectivity index (χ1) is 18.6. The first-order valence-electron chi connectivity index (χ1n) is 14.7. The van der Waals surface area contributed by atoms with Gasteiger partial charge in [-0.15, -0.1) is 0 Å². The van der Waals surface area contributed by atoms with E-state index in [1.807, 2.05) is 0 Å². The molecule has 7 nitrogen and oxygen atoms in total. The summed E-state index contributed by atoms with van der Waals surface area (Å²) in [5, 5.41) is 12.2. The van der Waals surface area contributed by atoms with E-state index in [0.29, 0.717) is 44.3 Å². The van der Waals surface area contributed by atoms with Gasteiger partial charge in [0.2, 0.25) is 0 Å². The second-order valence-electron chi connectivity index (χ2n) is 13.1. The summed E-state index contributed by atoms with van der Waals surface area (Å²) in [6.45, 7) is 3.56. The van der Waals surface area contributed by atoms with E-state index in [2.05, 4.69) is 50.2 Å². The van der Waals surface area contributed by atoms with Crippen LogP contribution in [0, 0.1) is 17.3 Å². The average molecular weight is 540 g/mol. The largest absolute Gasteiger partial charge is 0.385 e. The van der Waals surface area contributed by atoms with E-state index >= 15 is 0 Å². The minimum Gasteiger partial charge on any atom is -0.385 e. The Labute approximate surface area is 232 Å². The Morgan fingerprint density at radius 2 is 1.79 bits per heavy atom. The van der Waals surface area contributed by atoms with Crippen LogP contribution in [0.4, 0.5) is 5.69 Å². The summed E-state index contributed by atoms with van der Waals surface area (Å²) in [5.41, 5.74) is 2.94. The Balaban J connectivity index is 1.48. The maximum atomic E-state index is 13.7. The van der Waals surface area contributed by atoms with Crippen molar-refractivity contribution < 1.29 is 28.8 Å². The van der Waals surface area contributed by atoms with Crippen LogP contribution in [-0.4, -0.2) is 76.0 Å². The van der Waals surface area contributed by atoms with E-state index in [1.165, 1.54) is 16.7 Å². The number of Topliss-reactive ketones (excluding diaryl/α,β-unsaturated/α-hetero) is 1. The zero-order valence-electron chi connectivity index (χ0n) is 24.3. The summed E-state index contributed by atoms with van der Waals surface area (Å²) in [6, 6.07) is 8.86. The summed E-state index contributed by atoms with van der Waals surface area (Å²) in [4.78, 5) is 15.8. The highest BCUT2D eigenvalue weighted by atomic mass is 16.7. The molecule has 0 radical (unpaired) electrons. The molecule has 0 amide bonds. The molecule has 39 heavy (non-hydrogen) atoms. The van der Waals surface area contributed by atoms with Gasteiger partial charge in [0.15, 0.2) is 11.6 Å². The van der Waals surface area contributed by atoms with E-state index in [4.69, 9.17) is 18.9 Å². The Kier molecular flexibility index (Phi) is 6.79. The summed E-state index contributed by atoms with van der Waals surface area (Å²) in [5.74, 6) is 0.138. The van der Waals surface area contributed by atoms with Gasteiger partial charge in [0, 0.05) is 58.2 Å². The maximum absolute atomic E-state index is 13.7. The van der Waals surface area contributed by atoms with E-state index in [0.717, 1.165) is 37.8 Å². The molecule has 0 bridgehead atoms. The molecule has 1 spiro atoms. The number of aliphatic hydroxyl groups is 1. The molecule has 6 rings (SSSR count). The Morgan fingerprint density at radius 1 is 1.08 bits per heavy atom. The molecule has 1 N–H and O–H groups in total. The fraction of sp³-hybridized carbons (Fsp3) is 0.719. The molecule has 1 aliphatic heterocycles. The second-order valence-corrected chi connectivity index (χ2v) is 13.1. The number of hydrogen-bond acceptors (Lipinski definition) is 7. The number of nitrogens with zero attached hydrogens (tertiary/aromatic N) is 1. The molecule has 3 saturated carbocycles. The van der Waals surface area contributed by atoms with Crippen LogP contribution in [0.15, 0.2) is 35.4 Å². The number of ketones is 1. The molecule has 0 aromatic heterocycles. The van der Waals surface area contributed by atoms with Gasteiger partial charge >= 0.3 is 0 Å². The van der Waals surface area contributed by atoms with Crippen LogP contribution in [0.1, 0.15) is 69.8 Å². The lowest BCUT2D eigenvalue weighted by Gasteiger charge is -2.58. The lowest BCUT2D eigenvalue weighted by atomic mass is 9.49. The molecule has 7 heteroatoms. The van der Waals surface area contributed by atoms with Crippen molar-refractivity contribution >= 4 is 11.5 Å². The van der Waals surface area contributed by atoms with Crippen molar-refractivity contribution in [1.82, 2.24) is 0 Å². The van der Waals surface area contributed by atoms with Crippen molar-refractivity contribution in [1.29, 1.82) is 0 Å². The minimum absolute atomic E-state index is 0.0535. The summed E-state index contributed by atoms with van der Waals surface area (Å²) >= 11 is 0. The van der Waals surface area contributed by atoms with Crippen LogP contribution >= 0.6 is 0 Å². The summed E-state index contributed by atoms with van der Waals surface area (Å²) < 4.78 is 23.8. The topological polar surface area (TPSA) is 77.5 Å². The number of ether oxygens (including phenoxy) is 4. The van der Waals surface area contributed by atoms with Gasteiger partial charge in [0.05, 0.1) is 18.8 Å². The number of anilines is 1. The third-order valence-electron chi connectivity index (χ3n) is 11.2. The highest BCUT2D eigenvalue weighted by Gasteiger charge is 2.67. The number of allylic oxidation sites excluding steroid dienone is 1. The quantitative estimate of drug-likeness (QED) is 0.529. The molecular formula is C32H45NO6. The lowest BCUT2D eigenvalue weighted by Crippen LogP contribution is -2.59. The first-order valence-corrected chi connectivity index (χ1v) is 14.7. The Hall–Kier alpha value is -1.77. The van der Waals surface area contributed by atoms with Gasteiger partial charge in [-0.05, 0) is 73.6 Å². The molecule has 1 saturated heterocycles. The SMILES string of the molecule is COCC(=O)[C@@]1(OC)CC[C@H]2[C@@H]3CC[C@@]4(O)CC5(CCC4=C3[C@@H](c3ccc(N(C)C)cc3)C[C@@]21C)OCCO5. The fourth-order valence-corrected chi connectivity index (χ4v) is 9.46. The summed E-state index contributed by atoms with van der Waals surface area (Å²) in [7, 11) is 7.41. The van der Waals surface area contributed by atoms with Crippen LogP contribution in [0.2, 0.25) is 0 Å². The van der Waals surface area contributed by atoms with Crippen molar-refractivity contribution in [3.05, 3.63) is 41.0 Å². The normalized spacial score (nSPS) is 38.9. The van der Waals surface area contributed by atoms with Crippen molar-refractivity contribution in [3.8, 4) is 0 Å². The monoisotopic (exact) mass is 539 g/mol. The molecule has 214 valence electrons. The molecular weight excluding hydrogens is 494 g/mol. The zero-order chi connectivity index (χ0) is 27.6. The van der Waals surface area contributed by atoms with E-state index < -0.39 is 17.0 Å². The number of benzene rings is 1. The number of fused-ring (bicyclic) bond motifs is 4. The number of methoxy groups -OCH3 is 2. The van der Waals surface area contributed by atoms with Crippen LogP contribution in [-0.2, 0) is 23.7 Å². The van der Waals surface area contributed by atoms with E-state index in [1.54, 1.807) is 14.2 Å². The minimum atomic E-state index is -0.910. The standard InChI is InChI=1S/C32H45NO6/c1-29-18-24(21-6-8-22(9-7-21)33(2)3)28-23(25(29)12-15-32(29,37-5)27(34)19-36-4)10-13-30(35)20-31(14-11-26(28)30)38-16-17-39-31/h6-9,23-25,35H,10-20H2,1-5H3/t23-,24+,25-,29-,30+,32-/m0/s1. The predicted octanol–water partition coefficient (Wildman–Crippen LogP) is 4.62. The van der Waals surface area contributed by atoms with Crippen LogP contribution in [0.25, 0.3) is 0 Å². The molecule has 1 aromatic rings. The third kappa shape index (κ3) is 3.98. The summed E-state index contributed by atoms with van der Waals surface area (Å²) in [6.07, 6.45) is 6.15. The highest BCUT2D eigenvalue weighted by Crippen LogP contribution is 2.68. The molecule has 0 unspecified atom stereocenters. The van der Waals surface area contributed by atoms with Gasteiger partial charge in [-0.25, -0.2) is 0 Å². The number of rotatable bonds is 6. The van der Waals surface area contributed by atoms with Gasteiger partial charge in [-0.3, -0.25) is 4.79 Å². The highest BCUT2D eigenvalue weighted by molar-refractivity contribution is 5.90. The molecule has 6 atom stereocenters. The Bertz CT molecular complexity index is 1140. The van der Waals surface area contributed by atoms with E-state index in [9.17, 15) is 9.90 Å². The maximum Gasteiger partial charge on any atom is 0.190 e. The second kappa shape index (κ2) is 9.66. The van der Waals surface area contributed by atoms with Gasteiger partial charge in [0.25, 0.3) is 0 Å². The van der Waals surface area contributed by atoms with E-state index in [-0.39, 0.29) is 23.7 Å². The van der Waals surface area contributed by atoms with Crippen molar-refractivity contribution in [2.24, 2.45) is 17.3 Å². The van der Waals surface area contributed by atoms with Crippen molar-refractivity contribution in [3.63, 3.8) is 0 Å². The molecule has 4 fully saturated rings. The number of carbonyl (C=O) groups is 1. The van der Waals surface area contributed by atoms with Gasteiger partial charge < -0.3 is 29.0 Å². The smallest absolute Gasteiger partial charge is 0.190 e. The zero-order valence-corrected chi connectivity index (χ0v) is 24.3. The third-order valence-corrected chi connectivity index (χ3v) is 11.2. The molecule has 5 aliphatic rings. The molecule has 1 heterocycles. The predicted molar refractivity (Wildman–Crippen MR) is 149 cm³/mol. The fourth-order valence-electron chi connectivity index (χ4n) is 9.46. The first kappa shape index (κ1) is 27.4. The van der Waals surface area contributed by atoms with Gasteiger partial charge in [-0.1, -0.05) is 24.6 Å². The van der Waals surface area contributed by atoms with Gasteiger partial charge in [0.1, 0.15) is 12.2 Å². The molecule has 1 aromatic carbocycles. The lowest BCUT2D eigenvalue weighted by molar-refractivity contribution is -0.208. The van der Waals surface area contributed by atoms with Gasteiger partial charge in [-0.2, -0.15) is 0 Å². The molecule has 4 aliphatic carbocycles. The number of hydrogen-bond donors (Lipinski definition) is 1.